The zero-order chi connectivity index (χ0) is 29.8. The Morgan fingerprint density at radius 2 is 1.12 bits per heavy atom. The van der Waals surface area contributed by atoms with Crippen molar-refractivity contribution in [3.63, 3.8) is 0 Å². The molecule has 0 amide bonds. The van der Waals surface area contributed by atoms with E-state index < -0.39 is 0 Å². The van der Waals surface area contributed by atoms with E-state index in [0.717, 1.165) is 19.5 Å². The van der Waals surface area contributed by atoms with Gasteiger partial charge >= 0.3 is 0 Å². The van der Waals surface area contributed by atoms with Crippen molar-refractivity contribution in [1.29, 1.82) is 0 Å². The Bertz CT molecular complexity index is 994. The maximum atomic E-state index is 2.73. The second kappa shape index (κ2) is 20.8. The van der Waals surface area contributed by atoms with Crippen molar-refractivity contribution in [2.24, 2.45) is 0 Å². The molecule has 1 fully saturated rings. The lowest BCUT2D eigenvalue weighted by Crippen LogP contribution is -2.51. The first-order chi connectivity index (χ1) is 21.3. The third-order valence-corrected chi connectivity index (χ3v) is 9.90. The molecule has 43 heavy (non-hydrogen) atoms. The van der Waals surface area contributed by atoms with Crippen molar-refractivity contribution in [3.05, 3.63) is 77.5 Å². The molecule has 3 heteroatoms. The van der Waals surface area contributed by atoms with E-state index in [1.54, 1.807) is 0 Å². The summed E-state index contributed by atoms with van der Waals surface area (Å²) in [6.07, 6.45) is 28.9. The molecule has 2 aliphatic rings. The minimum absolute atomic E-state index is 0.499. The summed E-state index contributed by atoms with van der Waals surface area (Å²) in [5, 5.41) is 0. The van der Waals surface area contributed by atoms with Gasteiger partial charge in [0.25, 0.3) is 0 Å². The van der Waals surface area contributed by atoms with Gasteiger partial charge in [-0.25, -0.2) is 0 Å². The molecule has 3 nitrogen and oxygen atoms in total. The van der Waals surface area contributed by atoms with Gasteiger partial charge in [0.2, 0.25) is 0 Å². The Labute approximate surface area is 265 Å². The summed E-state index contributed by atoms with van der Waals surface area (Å²) in [7, 11) is 0. The lowest BCUT2D eigenvalue weighted by molar-refractivity contribution is 0.101. The van der Waals surface area contributed by atoms with Gasteiger partial charge in [-0.2, -0.15) is 0 Å². The average Bonchev–Trinajstić information content (AvgIpc) is 3.05. The zero-order valence-electron chi connectivity index (χ0n) is 27.7. The lowest BCUT2D eigenvalue weighted by atomic mass is 9.99. The van der Waals surface area contributed by atoms with Crippen molar-refractivity contribution >= 4 is 6.08 Å². The normalized spacial score (nSPS) is 16.4. The van der Waals surface area contributed by atoms with E-state index in [1.807, 2.05) is 0 Å². The van der Waals surface area contributed by atoms with Gasteiger partial charge in [0.15, 0.2) is 0 Å². The van der Waals surface area contributed by atoms with Crippen molar-refractivity contribution in [1.82, 2.24) is 14.7 Å². The van der Waals surface area contributed by atoms with Crippen LogP contribution in [-0.4, -0.2) is 60.0 Å². The minimum Gasteiger partial charge on any atom is -0.368 e. The predicted molar refractivity (Wildman–Crippen MR) is 187 cm³/mol. The molecule has 238 valence electrons. The minimum atomic E-state index is 0.499. The van der Waals surface area contributed by atoms with Crippen LogP contribution in [0.25, 0.3) is 6.08 Å². The van der Waals surface area contributed by atoms with Crippen molar-refractivity contribution in [2.45, 2.75) is 129 Å². The topological polar surface area (TPSA) is 9.72 Å². The first-order valence-electron chi connectivity index (χ1n) is 18.3. The van der Waals surface area contributed by atoms with E-state index in [2.05, 4.69) is 88.5 Å². The maximum Gasteiger partial charge on any atom is 0.0455 e. The van der Waals surface area contributed by atoms with Crippen LogP contribution in [0.2, 0.25) is 0 Å². The summed E-state index contributed by atoms with van der Waals surface area (Å²) in [5.41, 5.74) is 4.27. The van der Waals surface area contributed by atoms with E-state index in [1.165, 1.54) is 152 Å². The van der Waals surface area contributed by atoms with Gasteiger partial charge in [-0.3, -0.25) is 4.90 Å². The predicted octanol–water partition coefficient (Wildman–Crippen LogP) is 9.96. The lowest BCUT2D eigenvalue weighted by Gasteiger charge is -2.40. The number of unbranched alkanes of at least 4 members (excludes halogenated alkanes) is 15. The molecule has 0 unspecified atom stereocenters. The highest BCUT2D eigenvalue weighted by atomic mass is 15.3. The molecule has 0 bridgehead atoms. The summed E-state index contributed by atoms with van der Waals surface area (Å²) < 4.78 is 0. The highest BCUT2D eigenvalue weighted by Crippen LogP contribution is 2.24. The molecule has 2 aliphatic heterocycles. The van der Waals surface area contributed by atoms with Gasteiger partial charge in [0.05, 0.1) is 0 Å². The second-order valence-corrected chi connectivity index (χ2v) is 13.5. The third-order valence-electron chi connectivity index (χ3n) is 9.90. The third kappa shape index (κ3) is 13.2. The van der Waals surface area contributed by atoms with E-state index in [0.29, 0.717) is 6.04 Å². The molecule has 0 aromatic heterocycles. The average molecular weight is 586 g/mol. The molecule has 4 rings (SSSR count). The summed E-state index contributed by atoms with van der Waals surface area (Å²) >= 11 is 0. The van der Waals surface area contributed by atoms with Gasteiger partial charge in [-0.05, 0) is 42.2 Å². The zero-order valence-corrected chi connectivity index (χ0v) is 27.7. The summed E-state index contributed by atoms with van der Waals surface area (Å²) in [6, 6.07) is 20.5. The molecule has 0 spiro atoms. The fraction of sp³-hybridized carbons (Fsp3) is 0.650. The Morgan fingerprint density at radius 3 is 1.74 bits per heavy atom. The van der Waals surface area contributed by atoms with E-state index in [4.69, 9.17) is 0 Å². The Hall–Kier alpha value is -2.10. The number of fused-ring (bicyclic) bond motifs is 1. The number of piperazine rings is 1. The highest BCUT2D eigenvalue weighted by Gasteiger charge is 2.25. The maximum absolute atomic E-state index is 2.73. The van der Waals surface area contributed by atoms with E-state index >= 15 is 0 Å². The molecule has 2 heterocycles. The molecule has 2 aromatic rings. The van der Waals surface area contributed by atoms with Gasteiger partial charge in [-0.1, -0.05) is 158 Å². The molecule has 2 aromatic carbocycles. The molecule has 1 atom stereocenters. The molecule has 0 radical (unpaired) electrons. The number of hydrogen-bond donors (Lipinski definition) is 0. The van der Waals surface area contributed by atoms with Crippen LogP contribution in [0.15, 0.2) is 60.8 Å². The number of nitrogens with zero attached hydrogens (tertiary/aromatic N) is 3. The summed E-state index contributed by atoms with van der Waals surface area (Å²) in [4.78, 5) is 8.05. The molecule has 0 N–H and O–H groups in total. The molecular formula is C40H63N3. The Kier molecular flexibility index (Phi) is 16.3. The molecule has 1 saturated heterocycles. The largest absolute Gasteiger partial charge is 0.368 e. The van der Waals surface area contributed by atoms with E-state index in [9.17, 15) is 0 Å². The molecule has 0 saturated carbocycles. The van der Waals surface area contributed by atoms with Crippen LogP contribution in [0.3, 0.4) is 0 Å². The Balaban J connectivity index is 1.04. The standard InChI is InChI=1S/C40H63N3/c1-2-3-4-5-6-7-8-9-10-11-12-13-14-15-16-22-28-41-30-32-42(33-31-41)36-40(34-37-23-18-17-19-24-37)43-29-27-38-25-20-21-26-39(38)35-43/h17-21,23-27,29,40H,2-16,22,28,30-36H2,1H3/t40-/m1/s1. The fourth-order valence-electron chi connectivity index (χ4n) is 7.07. The smallest absolute Gasteiger partial charge is 0.0455 e. The first-order valence-corrected chi connectivity index (χ1v) is 18.3. The van der Waals surface area contributed by atoms with Gasteiger partial charge < -0.3 is 9.80 Å². The van der Waals surface area contributed by atoms with Crippen molar-refractivity contribution in [2.75, 3.05) is 39.3 Å². The van der Waals surface area contributed by atoms with Crippen LogP contribution < -0.4 is 0 Å². The van der Waals surface area contributed by atoms with Gasteiger partial charge in [0.1, 0.15) is 0 Å². The van der Waals surface area contributed by atoms with Crippen LogP contribution in [0.5, 0.6) is 0 Å². The second-order valence-electron chi connectivity index (χ2n) is 13.5. The molecule has 0 aliphatic carbocycles. The van der Waals surface area contributed by atoms with Crippen LogP contribution in [0.1, 0.15) is 126 Å². The van der Waals surface area contributed by atoms with Crippen LogP contribution in [0.4, 0.5) is 0 Å². The van der Waals surface area contributed by atoms with E-state index in [-0.39, 0.29) is 0 Å². The number of rotatable bonds is 22. The summed E-state index contributed by atoms with van der Waals surface area (Å²) in [6.45, 7) is 10.6. The number of hydrogen-bond acceptors (Lipinski definition) is 3. The quantitative estimate of drug-likeness (QED) is 0.127. The Morgan fingerprint density at radius 1 is 0.581 bits per heavy atom. The van der Waals surface area contributed by atoms with Crippen molar-refractivity contribution in [3.8, 4) is 0 Å². The highest BCUT2D eigenvalue weighted by molar-refractivity contribution is 5.55. The SMILES string of the molecule is CCCCCCCCCCCCCCCCCCN1CCN(C[C@@H](Cc2ccccc2)N2C=Cc3ccccc3C2)CC1. The monoisotopic (exact) mass is 586 g/mol. The van der Waals surface area contributed by atoms with Crippen LogP contribution in [-0.2, 0) is 13.0 Å². The number of benzene rings is 2. The molecular weight excluding hydrogens is 522 g/mol. The fourth-order valence-corrected chi connectivity index (χ4v) is 7.07. The van der Waals surface area contributed by atoms with Gasteiger partial charge in [0, 0.05) is 51.5 Å². The van der Waals surface area contributed by atoms with Gasteiger partial charge in [-0.15, -0.1) is 0 Å². The van der Waals surface area contributed by atoms with Crippen LogP contribution in [0, 0.1) is 0 Å². The van der Waals surface area contributed by atoms with Crippen LogP contribution >= 0.6 is 0 Å². The summed E-state index contributed by atoms with van der Waals surface area (Å²) in [5.74, 6) is 0. The first kappa shape index (κ1) is 33.8. The van der Waals surface area contributed by atoms with Crippen molar-refractivity contribution < 1.29 is 0 Å².